The van der Waals surface area contributed by atoms with E-state index in [1.807, 2.05) is 4.90 Å². The summed E-state index contributed by atoms with van der Waals surface area (Å²) >= 11 is 0. The first kappa shape index (κ1) is 17.5. The van der Waals surface area contributed by atoms with Crippen molar-refractivity contribution in [2.75, 3.05) is 54.0 Å². The lowest BCUT2D eigenvalue weighted by molar-refractivity contribution is 0.0963. The Morgan fingerprint density at radius 2 is 1.96 bits per heavy atom. The minimum absolute atomic E-state index is 0.213. The number of cyclic esters (lactones) is 1. The molecule has 8 nitrogen and oxygen atoms in total. The summed E-state index contributed by atoms with van der Waals surface area (Å²) in [6.07, 6.45) is 3.87. The van der Waals surface area contributed by atoms with E-state index in [0.717, 1.165) is 18.9 Å². The molecule has 1 N–H and O–H groups in total. The van der Waals surface area contributed by atoms with Gasteiger partial charge in [-0.05, 0) is 18.2 Å². The summed E-state index contributed by atoms with van der Waals surface area (Å²) in [5.74, 6) is 0.430. The van der Waals surface area contributed by atoms with Gasteiger partial charge in [0.25, 0.3) is 0 Å². The highest BCUT2D eigenvalue weighted by molar-refractivity contribution is 5.90. The molecular formula is C18H20FN5O3. The summed E-state index contributed by atoms with van der Waals surface area (Å²) in [4.78, 5) is 25.7. The smallest absolute Gasteiger partial charge is 0.414 e. The molecule has 0 aliphatic carbocycles. The number of rotatable bonds is 4. The Balaban J connectivity index is 1.44. The number of piperazine rings is 1. The molecule has 2 aliphatic heterocycles. The van der Waals surface area contributed by atoms with Crippen LogP contribution in [0, 0.1) is 5.82 Å². The van der Waals surface area contributed by atoms with Crippen molar-refractivity contribution in [2.45, 2.75) is 6.10 Å². The van der Waals surface area contributed by atoms with Crippen molar-refractivity contribution in [3.8, 4) is 0 Å². The molecule has 2 aromatic rings. The van der Waals surface area contributed by atoms with Crippen molar-refractivity contribution >= 4 is 23.3 Å². The molecule has 0 saturated carbocycles. The molecule has 2 saturated heterocycles. The van der Waals surface area contributed by atoms with Crippen LogP contribution in [0.1, 0.15) is 0 Å². The summed E-state index contributed by atoms with van der Waals surface area (Å²) in [6.45, 7) is 2.72. The number of amides is 1. The maximum Gasteiger partial charge on any atom is 0.414 e. The SMILES string of the molecule is O=C1O[C@@H](CO)CN1c1ccc(N2CCN(c3cnccn3)CC2)c(F)c1. The number of hydrogen-bond acceptors (Lipinski definition) is 7. The van der Waals surface area contributed by atoms with E-state index in [4.69, 9.17) is 9.84 Å². The van der Waals surface area contributed by atoms with E-state index in [1.165, 1.54) is 11.0 Å². The van der Waals surface area contributed by atoms with Gasteiger partial charge in [-0.25, -0.2) is 14.2 Å². The van der Waals surface area contributed by atoms with Crippen LogP contribution in [-0.2, 0) is 4.74 Å². The average molecular weight is 373 g/mol. The largest absolute Gasteiger partial charge is 0.441 e. The number of anilines is 3. The second-order valence-electron chi connectivity index (χ2n) is 6.47. The zero-order valence-corrected chi connectivity index (χ0v) is 14.7. The van der Waals surface area contributed by atoms with Crippen LogP contribution in [0.3, 0.4) is 0 Å². The van der Waals surface area contributed by atoms with Gasteiger partial charge in [-0.1, -0.05) is 0 Å². The van der Waals surface area contributed by atoms with E-state index in [1.54, 1.807) is 30.7 Å². The van der Waals surface area contributed by atoms with Crippen LogP contribution in [0.25, 0.3) is 0 Å². The number of carbonyl (C=O) groups excluding carboxylic acids is 1. The van der Waals surface area contributed by atoms with Crippen LogP contribution in [0.4, 0.5) is 26.4 Å². The monoisotopic (exact) mass is 373 g/mol. The van der Waals surface area contributed by atoms with Crippen LogP contribution in [0.2, 0.25) is 0 Å². The van der Waals surface area contributed by atoms with Gasteiger partial charge in [0, 0.05) is 38.6 Å². The molecule has 2 fully saturated rings. The van der Waals surface area contributed by atoms with Crippen LogP contribution in [-0.4, -0.2) is 66.6 Å². The second kappa shape index (κ2) is 7.36. The van der Waals surface area contributed by atoms with E-state index in [2.05, 4.69) is 14.9 Å². The van der Waals surface area contributed by atoms with Gasteiger partial charge >= 0.3 is 6.09 Å². The highest BCUT2D eigenvalue weighted by atomic mass is 19.1. The normalized spacial score (nSPS) is 20.1. The predicted molar refractivity (Wildman–Crippen MR) is 97.6 cm³/mol. The third-order valence-corrected chi connectivity index (χ3v) is 4.81. The average Bonchev–Trinajstić information content (AvgIpc) is 3.10. The number of aromatic nitrogens is 2. The summed E-state index contributed by atoms with van der Waals surface area (Å²) in [7, 11) is 0. The Hall–Kier alpha value is -2.94. The molecule has 142 valence electrons. The molecule has 1 atom stereocenters. The Bertz CT molecular complexity index is 814. The number of halogens is 1. The van der Waals surface area contributed by atoms with Gasteiger partial charge < -0.3 is 19.6 Å². The fourth-order valence-corrected chi connectivity index (χ4v) is 3.38. The van der Waals surface area contributed by atoms with E-state index < -0.39 is 12.2 Å². The molecule has 3 heterocycles. The number of benzene rings is 1. The molecule has 9 heteroatoms. The predicted octanol–water partition coefficient (Wildman–Crippen LogP) is 1.26. The topological polar surface area (TPSA) is 82.0 Å². The van der Waals surface area contributed by atoms with Gasteiger partial charge in [0.05, 0.1) is 30.7 Å². The minimum Gasteiger partial charge on any atom is -0.441 e. The highest BCUT2D eigenvalue weighted by Gasteiger charge is 2.32. The molecule has 1 aromatic heterocycles. The van der Waals surface area contributed by atoms with Crippen molar-refractivity contribution in [3.63, 3.8) is 0 Å². The number of aliphatic hydroxyl groups is 1. The van der Waals surface area contributed by atoms with Crippen molar-refractivity contribution in [3.05, 3.63) is 42.6 Å². The van der Waals surface area contributed by atoms with Gasteiger partial charge in [0.15, 0.2) is 0 Å². The summed E-state index contributed by atoms with van der Waals surface area (Å²) < 4.78 is 19.7. The lowest BCUT2D eigenvalue weighted by atomic mass is 10.2. The second-order valence-corrected chi connectivity index (χ2v) is 6.47. The van der Waals surface area contributed by atoms with E-state index in [9.17, 15) is 9.18 Å². The van der Waals surface area contributed by atoms with Crippen LogP contribution >= 0.6 is 0 Å². The molecule has 1 amide bonds. The Morgan fingerprint density at radius 1 is 1.19 bits per heavy atom. The van der Waals surface area contributed by atoms with Gasteiger partial charge in [0.1, 0.15) is 17.7 Å². The van der Waals surface area contributed by atoms with Crippen molar-refractivity contribution < 1.29 is 19.0 Å². The molecule has 2 aliphatic rings. The van der Waals surface area contributed by atoms with Crippen molar-refractivity contribution in [2.24, 2.45) is 0 Å². The maximum absolute atomic E-state index is 14.7. The summed E-state index contributed by atoms with van der Waals surface area (Å²) in [6, 6.07) is 4.72. The fraction of sp³-hybridized carbons (Fsp3) is 0.389. The highest BCUT2D eigenvalue weighted by Crippen LogP contribution is 2.28. The molecule has 0 bridgehead atoms. The molecule has 4 rings (SSSR count). The van der Waals surface area contributed by atoms with Crippen LogP contribution in [0.5, 0.6) is 0 Å². The van der Waals surface area contributed by atoms with Gasteiger partial charge in [-0.15, -0.1) is 0 Å². The summed E-state index contributed by atoms with van der Waals surface area (Å²) in [5.41, 5.74) is 0.930. The van der Waals surface area contributed by atoms with Crippen LogP contribution < -0.4 is 14.7 Å². The molecule has 0 spiro atoms. The lowest BCUT2D eigenvalue weighted by Gasteiger charge is -2.36. The number of carbonyl (C=O) groups is 1. The zero-order chi connectivity index (χ0) is 18.8. The maximum atomic E-state index is 14.7. The van der Waals surface area contributed by atoms with E-state index in [-0.39, 0.29) is 19.0 Å². The molecule has 27 heavy (non-hydrogen) atoms. The number of nitrogens with zero attached hydrogens (tertiary/aromatic N) is 5. The van der Waals surface area contributed by atoms with Gasteiger partial charge in [-0.3, -0.25) is 9.88 Å². The van der Waals surface area contributed by atoms with Crippen LogP contribution in [0.15, 0.2) is 36.8 Å². The zero-order valence-electron chi connectivity index (χ0n) is 14.7. The minimum atomic E-state index is -0.575. The Morgan fingerprint density at radius 3 is 2.59 bits per heavy atom. The molecule has 1 aromatic carbocycles. The molecule has 0 radical (unpaired) electrons. The first-order valence-corrected chi connectivity index (χ1v) is 8.80. The Kier molecular flexibility index (Phi) is 4.76. The molecular weight excluding hydrogens is 353 g/mol. The van der Waals surface area contributed by atoms with Gasteiger partial charge in [-0.2, -0.15) is 0 Å². The fourth-order valence-electron chi connectivity index (χ4n) is 3.38. The van der Waals surface area contributed by atoms with Crippen molar-refractivity contribution in [1.82, 2.24) is 9.97 Å². The Labute approximate surface area is 155 Å². The third kappa shape index (κ3) is 3.50. The van der Waals surface area contributed by atoms with Gasteiger partial charge in [0.2, 0.25) is 0 Å². The summed E-state index contributed by atoms with van der Waals surface area (Å²) in [5, 5.41) is 9.12. The quantitative estimate of drug-likeness (QED) is 0.864. The van der Waals surface area contributed by atoms with E-state index >= 15 is 0 Å². The van der Waals surface area contributed by atoms with E-state index in [0.29, 0.717) is 24.5 Å². The third-order valence-electron chi connectivity index (χ3n) is 4.81. The van der Waals surface area contributed by atoms with Crippen molar-refractivity contribution in [1.29, 1.82) is 0 Å². The number of ether oxygens (including phenoxy) is 1. The first-order chi connectivity index (χ1) is 13.2. The standard InChI is InChI=1S/C18H20FN5O3/c19-15-9-13(24-11-14(12-25)27-18(24)26)1-2-16(15)22-5-7-23(8-6-22)17-10-20-3-4-21-17/h1-4,9-10,14,25H,5-8,11-12H2/t14-/m1/s1. The molecule has 0 unspecified atom stereocenters. The lowest BCUT2D eigenvalue weighted by Crippen LogP contribution is -2.47. The number of hydrogen-bond donors (Lipinski definition) is 1. The number of aliphatic hydroxyl groups excluding tert-OH is 1. The first-order valence-electron chi connectivity index (χ1n) is 8.80.